The van der Waals surface area contributed by atoms with E-state index in [-0.39, 0.29) is 5.91 Å². The van der Waals surface area contributed by atoms with E-state index in [1.165, 1.54) is 11.8 Å². The van der Waals surface area contributed by atoms with Crippen molar-refractivity contribution in [2.45, 2.75) is 13.0 Å². The Labute approximate surface area is 143 Å². The maximum Gasteiger partial charge on any atom is 0.337 e. The zero-order valence-corrected chi connectivity index (χ0v) is 13.3. The van der Waals surface area contributed by atoms with Crippen LogP contribution in [0.25, 0.3) is 0 Å². The number of rotatable bonds is 2. The SMILES string of the molecule is CC(=O)Oc1ccc(N2C(=O)C3C=[NH+]c4ccccc4N3C2=O)cc1. The summed E-state index contributed by atoms with van der Waals surface area (Å²) in [6.07, 6.45) is 1.61. The van der Waals surface area contributed by atoms with E-state index in [4.69, 9.17) is 4.74 Å². The van der Waals surface area contributed by atoms with Crippen LogP contribution >= 0.6 is 0 Å². The number of benzene rings is 2. The summed E-state index contributed by atoms with van der Waals surface area (Å²) in [5, 5.41) is 0. The number of para-hydroxylation sites is 2. The minimum Gasteiger partial charge on any atom is -0.427 e. The highest BCUT2D eigenvalue weighted by Gasteiger charge is 2.50. The van der Waals surface area contributed by atoms with Crippen LogP contribution in [0.1, 0.15) is 6.92 Å². The summed E-state index contributed by atoms with van der Waals surface area (Å²) < 4.78 is 4.97. The number of imide groups is 1. The zero-order chi connectivity index (χ0) is 17.6. The van der Waals surface area contributed by atoms with Crippen LogP contribution in [0.4, 0.5) is 21.9 Å². The molecule has 2 heterocycles. The third-order valence-electron chi connectivity index (χ3n) is 4.07. The second-order valence-electron chi connectivity index (χ2n) is 5.69. The molecular formula is C18H14N3O4+. The molecule has 0 aromatic heterocycles. The summed E-state index contributed by atoms with van der Waals surface area (Å²) in [6, 6.07) is 12.4. The lowest BCUT2D eigenvalue weighted by Gasteiger charge is -2.20. The first kappa shape index (κ1) is 15.1. The molecule has 2 aliphatic rings. The van der Waals surface area contributed by atoms with Gasteiger partial charge in [0.25, 0.3) is 5.91 Å². The van der Waals surface area contributed by atoms with Crippen molar-refractivity contribution in [3.63, 3.8) is 0 Å². The maximum atomic E-state index is 12.9. The second-order valence-corrected chi connectivity index (χ2v) is 5.69. The van der Waals surface area contributed by atoms with Crippen molar-refractivity contribution >= 4 is 41.2 Å². The molecule has 4 rings (SSSR count). The Morgan fingerprint density at radius 2 is 1.80 bits per heavy atom. The number of hydrogen-bond donors (Lipinski definition) is 1. The molecule has 1 saturated heterocycles. The molecule has 2 aliphatic heterocycles. The van der Waals surface area contributed by atoms with Crippen molar-refractivity contribution in [2.75, 3.05) is 9.80 Å². The van der Waals surface area contributed by atoms with E-state index in [0.29, 0.717) is 17.1 Å². The number of anilines is 2. The van der Waals surface area contributed by atoms with E-state index < -0.39 is 18.0 Å². The van der Waals surface area contributed by atoms with Crippen LogP contribution in [0, 0.1) is 0 Å². The third kappa shape index (κ3) is 2.37. The van der Waals surface area contributed by atoms with Gasteiger partial charge in [-0.3, -0.25) is 14.5 Å². The van der Waals surface area contributed by atoms with E-state index in [9.17, 15) is 14.4 Å². The van der Waals surface area contributed by atoms with Crippen LogP contribution in [0.15, 0.2) is 48.5 Å². The average Bonchev–Trinajstić information content (AvgIpc) is 2.86. The number of amides is 3. The van der Waals surface area contributed by atoms with E-state index in [1.54, 1.807) is 36.5 Å². The molecule has 1 N–H and O–H groups in total. The van der Waals surface area contributed by atoms with Crippen molar-refractivity contribution in [2.24, 2.45) is 0 Å². The highest BCUT2D eigenvalue weighted by Crippen LogP contribution is 2.33. The molecule has 7 heteroatoms. The van der Waals surface area contributed by atoms with Gasteiger partial charge in [0.1, 0.15) is 11.4 Å². The summed E-state index contributed by atoms with van der Waals surface area (Å²) >= 11 is 0. The van der Waals surface area contributed by atoms with Gasteiger partial charge < -0.3 is 4.74 Å². The Kier molecular flexibility index (Phi) is 3.35. The number of carbonyl (C=O) groups is 3. The minimum absolute atomic E-state index is 0.341. The van der Waals surface area contributed by atoms with Gasteiger partial charge in [0, 0.05) is 13.0 Å². The first-order valence-electron chi connectivity index (χ1n) is 7.71. The van der Waals surface area contributed by atoms with Crippen molar-refractivity contribution in [3.05, 3.63) is 48.5 Å². The lowest BCUT2D eigenvalue weighted by atomic mass is 10.1. The number of urea groups is 1. The van der Waals surface area contributed by atoms with Gasteiger partial charge in [-0.15, -0.1) is 0 Å². The molecular weight excluding hydrogens is 322 g/mol. The molecule has 3 amide bonds. The quantitative estimate of drug-likeness (QED) is 0.498. The Bertz CT molecular complexity index is 920. The standard InChI is InChI=1S/C18H13N3O4/c1-11(22)25-13-8-6-12(7-9-13)20-17(23)16-10-19-14-4-2-3-5-15(14)21(16)18(20)24/h2-10,16H,1H3/p+1. The largest absolute Gasteiger partial charge is 0.427 e. The van der Waals surface area contributed by atoms with E-state index in [1.807, 2.05) is 18.2 Å². The Balaban J connectivity index is 1.69. The van der Waals surface area contributed by atoms with Gasteiger partial charge in [0.15, 0.2) is 12.3 Å². The summed E-state index contributed by atoms with van der Waals surface area (Å²) in [6.45, 7) is 1.31. The summed E-state index contributed by atoms with van der Waals surface area (Å²) in [7, 11) is 0. The fraction of sp³-hybridized carbons (Fsp3) is 0.111. The van der Waals surface area contributed by atoms with Crippen molar-refractivity contribution in [3.8, 4) is 5.75 Å². The first-order valence-corrected chi connectivity index (χ1v) is 7.71. The summed E-state index contributed by atoms with van der Waals surface area (Å²) in [5.74, 6) is -0.422. The molecule has 0 saturated carbocycles. The molecule has 0 spiro atoms. The molecule has 0 aliphatic carbocycles. The van der Waals surface area contributed by atoms with Crippen LogP contribution in [0.2, 0.25) is 0 Å². The molecule has 124 valence electrons. The Hall–Kier alpha value is -3.48. The lowest BCUT2D eigenvalue weighted by Crippen LogP contribution is -2.69. The normalized spacial score (nSPS) is 18.2. The maximum absolute atomic E-state index is 12.9. The fourth-order valence-electron chi connectivity index (χ4n) is 3.00. The number of ether oxygens (including phenoxy) is 1. The number of nitrogens with zero attached hydrogens (tertiary/aromatic N) is 2. The lowest BCUT2D eigenvalue weighted by molar-refractivity contribution is -0.350. The van der Waals surface area contributed by atoms with Crippen molar-refractivity contribution in [1.29, 1.82) is 0 Å². The van der Waals surface area contributed by atoms with Gasteiger partial charge in [0.05, 0.1) is 5.69 Å². The van der Waals surface area contributed by atoms with E-state index >= 15 is 0 Å². The number of hydrogen-bond acceptors (Lipinski definition) is 4. The number of carbonyl (C=O) groups excluding carboxylic acids is 3. The minimum atomic E-state index is -0.699. The van der Waals surface area contributed by atoms with Gasteiger partial charge in [-0.2, -0.15) is 0 Å². The summed E-state index contributed by atoms with van der Waals surface area (Å²) in [4.78, 5) is 42.2. The summed E-state index contributed by atoms with van der Waals surface area (Å²) in [5.41, 5.74) is 1.85. The van der Waals surface area contributed by atoms with Gasteiger partial charge in [0.2, 0.25) is 5.69 Å². The smallest absolute Gasteiger partial charge is 0.337 e. The van der Waals surface area contributed by atoms with Crippen LogP contribution in [0.5, 0.6) is 5.75 Å². The Morgan fingerprint density at radius 1 is 1.08 bits per heavy atom. The molecule has 2 aromatic rings. The van der Waals surface area contributed by atoms with E-state index in [0.717, 1.165) is 10.6 Å². The van der Waals surface area contributed by atoms with E-state index in [2.05, 4.69) is 4.99 Å². The van der Waals surface area contributed by atoms with Gasteiger partial charge >= 0.3 is 12.0 Å². The predicted octanol–water partition coefficient (Wildman–Crippen LogP) is 0.750. The molecule has 0 radical (unpaired) electrons. The molecule has 2 aromatic carbocycles. The molecule has 0 bridgehead atoms. The number of nitrogens with one attached hydrogen (secondary N) is 1. The molecule has 1 atom stereocenters. The third-order valence-corrected chi connectivity index (χ3v) is 4.07. The molecule has 1 fully saturated rings. The molecule has 25 heavy (non-hydrogen) atoms. The van der Waals surface area contributed by atoms with Crippen molar-refractivity contribution < 1.29 is 24.1 Å². The number of esters is 1. The van der Waals surface area contributed by atoms with Gasteiger partial charge in [-0.05, 0) is 30.3 Å². The highest BCUT2D eigenvalue weighted by molar-refractivity contribution is 6.33. The van der Waals surface area contributed by atoms with Crippen LogP contribution in [-0.4, -0.2) is 30.2 Å². The fourth-order valence-corrected chi connectivity index (χ4v) is 3.00. The highest BCUT2D eigenvalue weighted by atomic mass is 16.5. The van der Waals surface area contributed by atoms with Gasteiger partial charge in [-0.25, -0.2) is 14.7 Å². The molecule has 1 unspecified atom stereocenters. The zero-order valence-electron chi connectivity index (χ0n) is 13.3. The number of fused-ring (bicyclic) bond motifs is 3. The van der Waals surface area contributed by atoms with Crippen LogP contribution < -0.4 is 19.5 Å². The van der Waals surface area contributed by atoms with Gasteiger partial charge in [-0.1, -0.05) is 12.1 Å². The Morgan fingerprint density at radius 3 is 2.52 bits per heavy atom. The first-order chi connectivity index (χ1) is 12.1. The molecule has 7 nitrogen and oxygen atoms in total. The van der Waals surface area contributed by atoms with Crippen LogP contribution in [-0.2, 0) is 9.59 Å². The van der Waals surface area contributed by atoms with Crippen molar-refractivity contribution in [1.82, 2.24) is 0 Å². The van der Waals surface area contributed by atoms with Crippen LogP contribution in [0.3, 0.4) is 0 Å². The predicted molar refractivity (Wildman–Crippen MR) is 90.0 cm³/mol. The second kappa shape index (κ2) is 5.55. The average molecular weight is 336 g/mol. The topological polar surface area (TPSA) is 80.9 Å². The monoisotopic (exact) mass is 336 g/mol.